The van der Waals surface area contributed by atoms with Gasteiger partial charge in [0.15, 0.2) is 5.11 Å². The zero-order valence-corrected chi connectivity index (χ0v) is 12.0. The molecule has 102 valence electrons. The van der Waals surface area contributed by atoms with Gasteiger partial charge in [0.1, 0.15) is 0 Å². The Labute approximate surface area is 126 Å². The Morgan fingerprint density at radius 3 is 2.35 bits per heavy atom. The number of hydrogen-bond acceptors (Lipinski definition) is 2. The average molecular weight is 306 g/mol. The van der Waals surface area contributed by atoms with Gasteiger partial charge in [-0.2, -0.15) is 0 Å². The Morgan fingerprint density at radius 2 is 1.70 bits per heavy atom. The molecule has 6 heteroatoms. The first-order valence-corrected chi connectivity index (χ1v) is 6.57. The van der Waals surface area contributed by atoms with Gasteiger partial charge in [-0.15, -0.1) is 0 Å². The van der Waals surface area contributed by atoms with E-state index >= 15 is 0 Å². The van der Waals surface area contributed by atoms with Crippen molar-refractivity contribution in [3.05, 3.63) is 59.1 Å². The molecule has 2 aromatic carbocycles. The van der Waals surface area contributed by atoms with E-state index in [0.717, 1.165) is 5.69 Å². The molecule has 0 aliphatic carbocycles. The number of halogens is 1. The summed E-state index contributed by atoms with van der Waals surface area (Å²) < 4.78 is 0. The van der Waals surface area contributed by atoms with Crippen LogP contribution in [0.5, 0.6) is 0 Å². The van der Waals surface area contributed by atoms with E-state index in [0.29, 0.717) is 21.4 Å². The van der Waals surface area contributed by atoms with Gasteiger partial charge in [0.25, 0.3) is 5.91 Å². The molecule has 4 nitrogen and oxygen atoms in total. The fourth-order valence-electron chi connectivity index (χ4n) is 1.62. The number of primary amides is 1. The van der Waals surface area contributed by atoms with Gasteiger partial charge in [0, 0.05) is 10.7 Å². The predicted molar refractivity (Wildman–Crippen MR) is 86.3 cm³/mol. The maximum Gasteiger partial charge on any atom is 0.250 e. The third kappa shape index (κ3) is 3.69. The highest BCUT2D eigenvalue weighted by atomic mass is 35.5. The summed E-state index contributed by atoms with van der Waals surface area (Å²) in [4.78, 5) is 11.3. The lowest BCUT2D eigenvalue weighted by atomic mass is 10.1. The Hall–Kier alpha value is -2.11. The topological polar surface area (TPSA) is 67.2 Å². The van der Waals surface area contributed by atoms with Crippen LogP contribution in [0.4, 0.5) is 11.4 Å². The number of anilines is 2. The van der Waals surface area contributed by atoms with Crippen molar-refractivity contribution in [1.29, 1.82) is 0 Å². The second-order valence-corrected chi connectivity index (χ2v) is 4.84. The number of para-hydroxylation sites is 1. The first-order chi connectivity index (χ1) is 9.56. The number of hydrogen-bond donors (Lipinski definition) is 3. The zero-order valence-electron chi connectivity index (χ0n) is 10.4. The lowest BCUT2D eigenvalue weighted by Crippen LogP contribution is -2.22. The summed E-state index contributed by atoms with van der Waals surface area (Å²) in [6.07, 6.45) is 0. The highest BCUT2D eigenvalue weighted by Crippen LogP contribution is 2.16. The van der Waals surface area contributed by atoms with Crippen LogP contribution in [0, 0.1) is 0 Å². The van der Waals surface area contributed by atoms with Crippen LogP contribution < -0.4 is 16.4 Å². The summed E-state index contributed by atoms with van der Waals surface area (Å²) in [5.74, 6) is -0.512. The molecule has 0 fully saturated rings. The van der Waals surface area contributed by atoms with E-state index in [-0.39, 0.29) is 0 Å². The van der Waals surface area contributed by atoms with Gasteiger partial charge in [-0.05, 0) is 48.6 Å². The first kappa shape index (κ1) is 14.3. The monoisotopic (exact) mass is 305 g/mol. The van der Waals surface area contributed by atoms with E-state index in [1.807, 2.05) is 0 Å². The fourth-order valence-corrected chi connectivity index (χ4v) is 1.98. The minimum Gasteiger partial charge on any atom is -0.366 e. The van der Waals surface area contributed by atoms with Gasteiger partial charge in [-0.1, -0.05) is 23.7 Å². The van der Waals surface area contributed by atoms with Crippen LogP contribution in [0.2, 0.25) is 5.02 Å². The number of nitrogens with one attached hydrogen (secondary N) is 2. The molecule has 0 saturated heterocycles. The van der Waals surface area contributed by atoms with Gasteiger partial charge < -0.3 is 16.4 Å². The van der Waals surface area contributed by atoms with Crippen molar-refractivity contribution in [3.8, 4) is 0 Å². The predicted octanol–water partition coefficient (Wildman–Crippen LogP) is 3.25. The van der Waals surface area contributed by atoms with E-state index in [9.17, 15) is 4.79 Å². The standard InChI is InChI=1S/C14H12ClN3OS/c15-9-5-7-10(8-6-9)17-14(20)18-12-4-2-1-3-11(12)13(16)19/h1-8H,(H2,16,19)(H2,17,18,20). The smallest absolute Gasteiger partial charge is 0.250 e. The Kier molecular flexibility index (Phi) is 4.55. The van der Waals surface area contributed by atoms with Crippen LogP contribution in [-0.2, 0) is 0 Å². The molecule has 0 aliphatic rings. The van der Waals surface area contributed by atoms with E-state index in [1.165, 1.54) is 0 Å². The number of rotatable bonds is 3. The molecule has 0 heterocycles. The lowest BCUT2D eigenvalue weighted by molar-refractivity contribution is 0.100. The molecule has 2 aromatic rings. The number of carbonyl (C=O) groups excluding carboxylic acids is 1. The van der Waals surface area contributed by atoms with Crippen molar-refractivity contribution in [1.82, 2.24) is 0 Å². The van der Waals surface area contributed by atoms with E-state index < -0.39 is 5.91 Å². The van der Waals surface area contributed by atoms with Crippen LogP contribution >= 0.6 is 23.8 Å². The van der Waals surface area contributed by atoms with E-state index in [1.54, 1.807) is 48.5 Å². The molecule has 0 aliphatic heterocycles. The van der Waals surface area contributed by atoms with Gasteiger partial charge in [-0.3, -0.25) is 4.79 Å². The molecular weight excluding hydrogens is 294 g/mol. The van der Waals surface area contributed by atoms with Gasteiger partial charge in [0.05, 0.1) is 11.3 Å². The van der Waals surface area contributed by atoms with Crippen molar-refractivity contribution in [2.45, 2.75) is 0 Å². The molecule has 0 aromatic heterocycles. The number of benzene rings is 2. The van der Waals surface area contributed by atoms with Crippen LogP contribution in [0.25, 0.3) is 0 Å². The number of thiocarbonyl (C=S) groups is 1. The molecule has 4 N–H and O–H groups in total. The molecular formula is C14H12ClN3OS. The molecule has 0 radical (unpaired) electrons. The van der Waals surface area contributed by atoms with Crippen LogP contribution in [-0.4, -0.2) is 11.0 Å². The van der Waals surface area contributed by atoms with E-state index in [4.69, 9.17) is 29.6 Å². The minimum atomic E-state index is -0.512. The highest BCUT2D eigenvalue weighted by molar-refractivity contribution is 7.80. The van der Waals surface area contributed by atoms with Crippen molar-refractivity contribution < 1.29 is 4.79 Å². The largest absolute Gasteiger partial charge is 0.366 e. The Balaban J connectivity index is 2.08. The number of amides is 1. The first-order valence-electron chi connectivity index (χ1n) is 5.78. The fraction of sp³-hybridized carbons (Fsp3) is 0. The number of carbonyl (C=O) groups is 1. The Morgan fingerprint density at radius 1 is 1.05 bits per heavy atom. The average Bonchev–Trinajstić information content (AvgIpc) is 2.41. The molecule has 20 heavy (non-hydrogen) atoms. The third-order valence-electron chi connectivity index (χ3n) is 2.54. The van der Waals surface area contributed by atoms with Crippen LogP contribution in [0.15, 0.2) is 48.5 Å². The highest BCUT2D eigenvalue weighted by Gasteiger charge is 2.08. The van der Waals surface area contributed by atoms with Crippen molar-refractivity contribution in [2.75, 3.05) is 10.6 Å². The second kappa shape index (κ2) is 6.36. The van der Waals surface area contributed by atoms with Gasteiger partial charge in [0.2, 0.25) is 0 Å². The maximum atomic E-state index is 11.3. The summed E-state index contributed by atoms with van der Waals surface area (Å²) in [5, 5.41) is 6.94. The van der Waals surface area contributed by atoms with Crippen molar-refractivity contribution >= 4 is 46.2 Å². The van der Waals surface area contributed by atoms with Gasteiger partial charge in [-0.25, -0.2) is 0 Å². The zero-order chi connectivity index (χ0) is 14.5. The minimum absolute atomic E-state index is 0.362. The van der Waals surface area contributed by atoms with Gasteiger partial charge >= 0.3 is 0 Å². The molecule has 2 rings (SSSR count). The quantitative estimate of drug-likeness (QED) is 0.762. The molecule has 0 bridgehead atoms. The molecule has 0 saturated carbocycles. The normalized spacial score (nSPS) is 9.85. The Bertz CT molecular complexity index is 643. The summed E-state index contributed by atoms with van der Waals surface area (Å²) in [6, 6.07) is 14.0. The third-order valence-corrected chi connectivity index (χ3v) is 3.00. The van der Waals surface area contributed by atoms with E-state index in [2.05, 4.69) is 10.6 Å². The molecule has 0 atom stereocenters. The van der Waals surface area contributed by atoms with Crippen LogP contribution in [0.3, 0.4) is 0 Å². The molecule has 1 amide bonds. The van der Waals surface area contributed by atoms with Crippen molar-refractivity contribution in [3.63, 3.8) is 0 Å². The number of nitrogens with two attached hydrogens (primary N) is 1. The molecule has 0 unspecified atom stereocenters. The summed E-state index contributed by atoms with van der Waals surface area (Å²) >= 11 is 11.0. The van der Waals surface area contributed by atoms with Crippen LogP contribution in [0.1, 0.15) is 10.4 Å². The SMILES string of the molecule is NC(=O)c1ccccc1NC(=S)Nc1ccc(Cl)cc1. The summed E-state index contributed by atoms with van der Waals surface area (Å²) in [7, 11) is 0. The second-order valence-electron chi connectivity index (χ2n) is 4.00. The molecule has 0 spiro atoms. The maximum absolute atomic E-state index is 11.3. The van der Waals surface area contributed by atoms with Crippen molar-refractivity contribution in [2.24, 2.45) is 5.73 Å². The summed E-state index contributed by atoms with van der Waals surface area (Å²) in [6.45, 7) is 0. The summed E-state index contributed by atoms with van der Waals surface area (Å²) in [5.41, 5.74) is 7.04. The lowest BCUT2D eigenvalue weighted by Gasteiger charge is -2.12.